The van der Waals surface area contributed by atoms with Crippen LogP contribution in [0.2, 0.25) is 0 Å². The summed E-state index contributed by atoms with van der Waals surface area (Å²) in [4.78, 5) is 11.2. The van der Waals surface area contributed by atoms with Gasteiger partial charge in [0.2, 0.25) is 0 Å². The molecule has 4 nitrogen and oxygen atoms in total. The number of aromatic nitrogens is 2. The summed E-state index contributed by atoms with van der Waals surface area (Å²) in [6, 6.07) is 10.2. The van der Waals surface area contributed by atoms with Crippen LogP contribution in [-0.4, -0.2) is 28.5 Å². The number of hydrogen-bond acceptors (Lipinski definition) is 4. The molecule has 21 heavy (non-hydrogen) atoms. The summed E-state index contributed by atoms with van der Waals surface area (Å²) in [5, 5.41) is 3.16. The third kappa shape index (κ3) is 4.83. The molecule has 0 aromatic carbocycles. The van der Waals surface area contributed by atoms with Crippen molar-refractivity contribution in [2.45, 2.75) is 26.9 Å². The Morgan fingerprint density at radius 2 is 1.86 bits per heavy atom. The van der Waals surface area contributed by atoms with Gasteiger partial charge in [0.25, 0.3) is 0 Å². The number of anilines is 1. The van der Waals surface area contributed by atoms with Gasteiger partial charge >= 0.3 is 0 Å². The maximum absolute atomic E-state index is 4.44. The molecule has 0 atom stereocenters. The van der Waals surface area contributed by atoms with Crippen molar-refractivity contribution >= 4 is 5.82 Å². The maximum Gasteiger partial charge on any atom is 0.130 e. The van der Waals surface area contributed by atoms with Gasteiger partial charge < -0.3 is 5.32 Å². The normalized spacial score (nSPS) is 11.1. The molecule has 0 unspecified atom stereocenters. The SMILES string of the molecule is CNc1ncccc1CN(Cc1ccccn1)CC(C)C. The second kappa shape index (κ2) is 7.74. The molecule has 0 spiro atoms. The second-order valence-corrected chi connectivity index (χ2v) is 5.65. The van der Waals surface area contributed by atoms with Crippen molar-refractivity contribution in [3.63, 3.8) is 0 Å². The fourth-order valence-electron chi connectivity index (χ4n) is 2.45. The van der Waals surface area contributed by atoms with Crippen LogP contribution in [0.1, 0.15) is 25.1 Å². The van der Waals surface area contributed by atoms with Gasteiger partial charge in [-0.15, -0.1) is 0 Å². The average Bonchev–Trinajstić information content (AvgIpc) is 2.48. The van der Waals surface area contributed by atoms with E-state index in [2.05, 4.69) is 46.2 Å². The molecular weight excluding hydrogens is 260 g/mol. The Hall–Kier alpha value is -1.94. The Labute approximate surface area is 127 Å². The van der Waals surface area contributed by atoms with E-state index in [-0.39, 0.29) is 0 Å². The fraction of sp³-hybridized carbons (Fsp3) is 0.412. The minimum atomic E-state index is 0.614. The van der Waals surface area contributed by atoms with Crippen LogP contribution in [0.3, 0.4) is 0 Å². The molecule has 0 amide bonds. The largest absolute Gasteiger partial charge is 0.373 e. The highest BCUT2D eigenvalue weighted by Crippen LogP contribution is 2.16. The molecule has 2 aromatic heterocycles. The Morgan fingerprint density at radius 3 is 2.52 bits per heavy atom. The van der Waals surface area contributed by atoms with Crippen molar-refractivity contribution in [2.75, 3.05) is 18.9 Å². The number of nitrogens with zero attached hydrogens (tertiary/aromatic N) is 3. The molecule has 0 aliphatic carbocycles. The first kappa shape index (κ1) is 15.4. The molecule has 0 saturated heterocycles. The van der Waals surface area contributed by atoms with Gasteiger partial charge in [-0.25, -0.2) is 4.98 Å². The van der Waals surface area contributed by atoms with E-state index in [1.807, 2.05) is 37.6 Å². The minimum absolute atomic E-state index is 0.614. The van der Waals surface area contributed by atoms with Crippen molar-refractivity contribution in [3.05, 3.63) is 54.0 Å². The number of nitrogens with one attached hydrogen (secondary N) is 1. The Kier molecular flexibility index (Phi) is 5.69. The van der Waals surface area contributed by atoms with Gasteiger partial charge in [-0.1, -0.05) is 26.0 Å². The van der Waals surface area contributed by atoms with Crippen molar-refractivity contribution in [1.29, 1.82) is 0 Å². The zero-order valence-corrected chi connectivity index (χ0v) is 13.1. The molecule has 2 heterocycles. The van der Waals surface area contributed by atoms with E-state index in [0.29, 0.717) is 5.92 Å². The average molecular weight is 284 g/mol. The zero-order chi connectivity index (χ0) is 15.1. The zero-order valence-electron chi connectivity index (χ0n) is 13.1. The number of rotatable bonds is 7. The molecule has 2 aromatic rings. The molecule has 2 rings (SSSR count). The Bertz CT molecular complexity index is 539. The van der Waals surface area contributed by atoms with Crippen LogP contribution in [-0.2, 0) is 13.1 Å². The first-order chi connectivity index (χ1) is 10.2. The van der Waals surface area contributed by atoms with Crippen LogP contribution in [0, 0.1) is 5.92 Å². The van der Waals surface area contributed by atoms with Crippen LogP contribution < -0.4 is 5.32 Å². The molecular formula is C17H24N4. The van der Waals surface area contributed by atoms with E-state index in [0.717, 1.165) is 31.1 Å². The van der Waals surface area contributed by atoms with Gasteiger partial charge in [0, 0.05) is 44.6 Å². The summed E-state index contributed by atoms with van der Waals surface area (Å²) < 4.78 is 0. The van der Waals surface area contributed by atoms with Crippen LogP contribution in [0.15, 0.2) is 42.7 Å². The molecule has 0 saturated carbocycles. The van der Waals surface area contributed by atoms with E-state index < -0.39 is 0 Å². The van der Waals surface area contributed by atoms with Crippen LogP contribution >= 0.6 is 0 Å². The molecule has 0 radical (unpaired) electrons. The lowest BCUT2D eigenvalue weighted by molar-refractivity contribution is 0.225. The molecule has 0 bridgehead atoms. The lowest BCUT2D eigenvalue weighted by atomic mass is 10.1. The van der Waals surface area contributed by atoms with Crippen molar-refractivity contribution in [2.24, 2.45) is 5.92 Å². The van der Waals surface area contributed by atoms with Gasteiger partial charge in [0.1, 0.15) is 5.82 Å². The van der Waals surface area contributed by atoms with Gasteiger partial charge in [-0.3, -0.25) is 9.88 Å². The van der Waals surface area contributed by atoms with E-state index in [1.165, 1.54) is 5.56 Å². The number of hydrogen-bond donors (Lipinski definition) is 1. The summed E-state index contributed by atoms with van der Waals surface area (Å²) in [5.74, 6) is 1.57. The highest BCUT2D eigenvalue weighted by molar-refractivity contribution is 5.42. The summed E-state index contributed by atoms with van der Waals surface area (Å²) in [6.07, 6.45) is 3.67. The van der Waals surface area contributed by atoms with E-state index in [9.17, 15) is 0 Å². The monoisotopic (exact) mass is 284 g/mol. The Morgan fingerprint density at radius 1 is 1.05 bits per heavy atom. The van der Waals surface area contributed by atoms with E-state index in [1.54, 1.807) is 0 Å². The van der Waals surface area contributed by atoms with Gasteiger partial charge in [-0.2, -0.15) is 0 Å². The van der Waals surface area contributed by atoms with Crippen molar-refractivity contribution in [3.8, 4) is 0 Å². The summed E-state index contributed by atoms with van der Waals surface area (Å²) in [6.45, 7) is 7.26. The molecule has 0 fully saturated rings. The lowest BCUT2D eigenvalue weighted by Gasteiger charge is -2.24. The standard InChI is InChI=1S/C17H24N4/c1-14(2)11-21(13-16-8-4-5-9-19-16)12-15-7-6-10-20-17(15)18-3/h4-10,14H,11-13H2,1-3H3,(H,18,20). The summed E-state index contributed by atoms with van der Waals surface area (Å²) in [7, 11) is 1.91. The van der Waals surface area contributed by atoms with Crippen LogP contribution in [0.4, 0.5) is 5.82 Å². The van der Waals surface area contributed by atoms with Crippen molar-refractivity contribution in [1.82, 2.24) is 14.9 Å². The third-order valence-electron chi connectivity index (χ3n) is 3.26. The predicted molar refractivity (Wildman–Crippen MR) is 87.0 cm³/mol. The van der Waals surface area contributed by atoms with E-state index >= 15 is 0 Å². The van der Waals surface area contributed by atoms with Gasteiger partial charge in [-0.05, 0) is 24.1 Å². The van der Waals surface area contributed by atoms with Gasteiger partial charge in [0.05, 0.1) is 5.69 Å². The molecule has 112 valence electrons. The smallest absolute Gasteiger partial charge is 0.130 e. The summed E-state index contributed by atoms with van der Waals surface area (Å²) >= 11 is 0. The molecule has 0 aliphatic heterocycles. The van der Waals surface area contributed by atoms with E-state index in [4.69, 9.17) is 0 Å². The third-order valence-corrected chi connectivity index (χ3v) is 3.26. The second-order valence-electron chi connectivity index (χ2n) is 5.65. The topological polar surface area (TPSA) is 41.1 Å². The summed E-state index contributed by atoms with van der Waals surface area (Å²) in [5.41, 5.74) is 2.32. The quantitative estimate of drug-likeness (QED) is 0.848. The van der Waals surface area contributed by atoms with Gasteiger partial charge in [0.15, 0.2) is 0 Å². The lowest BCUT2D eigenvalue weighted by Crippen LogP contribution is -2.27. The van der Waals surface area contributed by atoms with Crippen LogP contribution in [0.25, 0.3) is 0 Å². The fourth-order valence-corrected chi connectivity index (χ4v) is 2.45. The maximum atomic E-state index is 4.44. The highest BCUT2D eigenvalue weighted by atomic mass is 15.1. The molecule has 0 aliphatic rings. The number of pyridine rings is 2. The molecule has 1 N–H and O–H groups in total. The predicted octanol–water partition coefficient (Wildman–Crippen LogP) is 3.18. The van der Waals surface area contributed by atoms with Crippen LogP contribution in [0.5, 0.6) is 0 Å². The first-order valence-electron chi connectivity index (χ1n) is 7.43. The van der Waals surface area contributed by atoms with Crippen molar-refractivity contribution < 1.29 is 0 Å². The molecule has 4 heteroatoms. The minimum Gasteiger partial charge on any atom is -0.373 e. The Balaban J connectivity index is 2.12. The highest BCUT2D eigenvalue weighted by Gasteiger charge is 2.12. The first-order valence-corrected chi connectivity index (χ1v) is 7.43.